The Kier molecular flexibility index (Phi) is 7.34. The number of methoxy groups -OCH3 is 1. The Bertz CT molecular complexity index is 204. The standard InChI is InChI=1S/C12H25NO3/c1-9(2)8-13(6-7-16-5)11(10(3)4)12(14)15/h9-11H,6-8H2,1-5H3,(H,14,15). The van der Waals surface area contributed by atoms with Crippen LogP contribution in [0.5, 0.6) is 0 Å². The van der Waals surface area contributed by atoms with Crippen LogP contribution in [0.25, 0.3) is 0 Å². The summed E-state index contributed by atoms with van der Waals surface area (Å²) in [6.45, 7) is 10.1. The molecule has 1 unspecified atom stereocenters. The van der Waals surface area contributed by atoms with Crippen molar-refractivity contribution in [2.45, 2.75) is 33.7 Å². The summed E-state index contributed by atoms with van der Waals surface area (Å²) >= 11 is 0. The van der Waals surface area contributed by atoms with Gasteiger partial charge in [0, 0.05) is 20.2 Å². The average Bonchev–Trinajstić information content (AvgIpc) is 2.11. The third-order valence-electron chi connectivity index (χ3n) is 2.46. The van der Waals surface area contributed by atoms with Crippen molar-refractivity contribution in [2.75, 3.05) is 26.8 Å². The van der Waals surface area contributed by atoms with E-state index in [1.54, 1.807) is 7.11 Å². The van der Waals surface area contributed by atoms with Crippen LogP contribution in [-0.2, 0) is 9.53 Å². The van der Waals surface area contributed by atoms with Gasteiger partial charge in [0.05, 0.1) is 6.61 Å². The smallest absolute Gasteiger partial charge is 0.321 e. The lowest BCUT2D eigenvalue weighted by Gasteiger charge is -2.32. The molecule has 16 heavy (non-hydrogen) atoms. The fourth-order valence-electron chi connectivity index (χ4n) is 1.88. The fourth-order valence-corrected chi connectivity index (χ4v) is 1.88. The van der Waals surface area contributed by atoms with E-state index in [0.29, 0.717) is 19.1 Å². The summed E-state index contributed by atoms with van der Waals surface area (Å²) in [5.74, 6) is -0.183. The lowest BCUT2D eigenvalue weighted by molar-refractivity contribution is -0.145. The molecule has 0 saturated carbocycles. The van der Waals surface area contributed by atoms with Crippen molar-refractivity contribution in [1.82, 2.24) is 4.90 Å². The second-order valence-electron chi connectivity index (χ2n) is 4.91. The van der Waals surface area contributed by atoms with Crippen LogP contribution in [0.3, 0.4) is 0 Å². The number of aliphatic carboxylic acids is 1. The van der Waals surface area contributed by atoms with Crippen molar-refractivity contribution >= 4 is 5.97 Å². The van der Waals surface area contributed by atoms with Gasteiger partial charge in [-0.25, -0.2) is 0 Å². The zero-order valence-corrected chi connectivity index (χ0v) is 11.1. The molecular formula is C12H25NO3. The summed E-state index contributed by atoms with van der Waals surface area (Å²) in [6, 6.07) is -0.419. The molecule has 0 heterocycles. The van der Waals surface area contributed by atoms with Crippen molar-refractivity contribution in [3.63, 3.8) is 0 Å². The number of nitrogens with zero attached hydrogens (tertiary/aromatic N) is 1. The molecule has 96 valence electrons. The molecule has 1 atom stereocenters. The van der Waals surface area contributed by atoms with Crippen LogP contribution in [0.2, 0.25) is 0 Å². The topological polar surface area (TPSA) is 49.8 Å². The Morgan fingerprint density at radius 2 is 1.88 bits per heavy atom. The molecule has 0 aliphatic heterocycles. The first-order valence-electron chi connectivity index (χ1n) is 5.85. The van der Waals surface area contributed by atoms with Gasteiger partial charge >= 0.3 is 5.97 Å². The van der Waals surface area contributed by atoms with E-state index >= 15 is 0 Å². The number of carbonyl (C=O) groups is 1. The lowest BCUT2D eigenvalue weighted by Crippen LogP contribution is -2.47. The van der Waals surface area contributed by atoms with E-state index in [1.165, 1.54) is 0 Å². The van der Waals surface area contributed by atoms with Crippen LogP contribution in [0.4, 0.5) is 0 Å². The molecule has 0 aromatic rings. The lowest BCUT2D eigenvalue weighted by atomic mass is 10.0. The van der Waals surface area contributed by atoms with Gasteiger partial charge < -0.3 is 9.84 Å². The molecule has 0 radical (unpaired) electrons. The Morgan fingerprint density at radius 1 is 1.31 bits per heavy atom. The molecule has 0 saturated heterocycles. The zero-order chi connectivity index (χ0) is 12.7. The molecule has 0 aromatic carbocycles. The number of carboxylic acid groups (broad SMARTS) is 1. The van der Waals surface area contributed by atoms with Gasteiger partial charge in [0.1, 0.15) is 6.04 Å². The van der Waals surface area contributed by atoms with Gasteiger partial charge in [-0.05, 0) is 11.8 Å². The van der Waals surface area contributed by atoms with E-state index in [4.69, 9.17) is 4.74 Å². The van der Waals surface area contributed by atoms with E-state index in [1.807, 2.05) is 18.7 Å². The third-order valence-corrected chi connectivity index (χ3v) is 2.46. The molecule has 0 rings (SSSR count). The maximum absolute atomic E-state index is 11.2. The fraction of sp³-hybridized carbons (Fsp3) is 0.917. The first kappa shape index (κ1) is 15.4. The molecule has 0 bridgehead atoms. The minimum absolute atomic E-state index is 0.105. The predicted molar refractivity (Wildman–Crippen MR) is 64.5 cm³/mol. The highest BCUT2D eigenvalue weighted by Crippen LogP contribution is 2.13. The summed E-state index contributed by atoms with van der Waals surface area (Å²) in [6.07, 6.45) is 0. The molecule has 0 amide bonds. The van der Waals surface area contributed by atoms with Gasteiger partial charge in [-0.3, -0.25) is 9.69 Å². The molecule has 1 N–H and O–H groups in total. The molecular weight excluding hydrogens is 206 g/mol. The van der Waals surface area contributed by atoms with Crippen LogP contribution < -0.4 is 0 Å². The number of hydrogen-bond acceptors (Lipinski definition) is 3. The van der Waals surface area contributed by atoms with Gasteiger partial charge in [-0.15, -0.1) is 0 Å². The summed E-state index contributed by atoms with van der Waals surface area (Å²) < 4.78 is 5.03. The summed E-state index contributed by atoms with van der Waals surface area (Å²) in [7, 11) is 1.64. The Hall–Kier alpha value is -0.610. The SMILES string of the molecule is COCCN(CC(C)C)C(C(=O)O)C(C)C. The normalized spacial score (nSPS) is 13.8. The van der Waals surface area contributed by atoms with Crippen molar-refractivity contribution in [3.8, 4) is 0 Å². The highest BCUT2D eigenvalue weighted by Gasteiger charge is 2.28. The monoisotopic (exact) mass is 231 g/mol. The summed E-state index contributed by atoms with van der Waals surface area (Å²) in [4.78, 5) is 13.2. The molecule has 0 aliphatic rings. The first-order valence-corrected chi connectivity index (χ1v) is 5.85. The number of carboxylic acids is 1. The van der Waals surface area contributed by atoms with E-state index in [-0.39, 0.29) is 5.92 Å². The van der Waals surface area contributed by atoms with Crippen LogP contribution >= 0.6 is 0 Å². The Morgan fingerprint density at radius 3 is 2.19 bits per heavy atom. The van der Waals surface area contributed by atoms with Crippen LogP contribution in [-0.4, -0.2) is 48.8 Å². The average molecular weight is 231 g/mol. The van der Waals surface area contributed by atoms with Gasteiger partial charge in [-0.1, -0.05) is 27.7 Å². The highest BCUT2D eigenvalue weighted by molar-refractivity contribution is 5.73. The molecule has 0 aliphatic carbocycles. The molecule has 0 fully saturated rings. The van der Waals surface area contributed by atoms with Gasteiger partial charge in [0.15, 0.2) is 0 Å². The van der Waals surface area contributed by atoms with Crippen molar-refractivity contribution in [1.29, 1.82) is 0 Å². The quantitative estimate of drug-likeness (QED) is 0.691. The first-order chi connectivity index (χ1) is 7.40. The summed E-state index contributed by atoms with van der Waals surface area (Å²) in [5.41, 5.74) is 0. The van der Waals surface area contributed by atoms with E-state index < -0.39 is 12.0 Å². The van der Waals surface area contributed by atoms with Crippen molar-refractivity contribution in [3.05, 3.63) is 0 Å². The molecule has 4 heteroatoms. The van der Waals surface area contributed by atoms with Crippen molar-refractivity contribution in [2.24, 2.45) is 11.8 Å². The largest absolute Gasteiger partial charge is 0.480 e. The third kappa shape index (κ3) is 5.47. The number of hydrogen-bond donors (Lipinski definition) is 1. The number of ether oxygens (including phenoxy) is 1. The maximum atomic E-state index is 11.2. The maximum Gasteiger partial charge on any atom is 0.321 e. The number of rotatable bonds is 8. The highest BCUT2D eigenvalue weighted by atomic mass is 16.5. The van der Waals surface area contributed by atoms with Crippen LogP contribution in [0.15, 0.2) is 0 Å². The second kappa shape index (κ2) is 7.63. The Balaban J connectivity index is 4.60. The van der Waals surface area contributed by atoms with E-state index in [9.17, 15) is 9.90 Å². The van der Waals surface area contributed by atoms with Crippen LogP contribution in [0.1, 0.15) is 27.7 Å². The van der Waals surface area contributed by atoms with Gasteiger partial charge in [0.2, 0.25) is 0 Å². The molecule has 0 spiro atoms. The van der Waals surface area contributed by atoms with Gasteiger partial charge in [0.25, 0.3) is 0 Å². The van der Waals surface area contributed by atoms with Crippen LogP contribution in [0, 0.1) is 11.8 Å². The minimum Gasteiger partial charge on any atom is -0.480 e. The molecule has 4 nitrogen and oxygen atoms in total. The van der Waals surface area contributed by atoms with Crippen molar-refractivity contribution < 1.29 is 14.6 Å². The van der Waals surface area contributed by atoms with E-state index in [2.05, 4.69) is 13.8 Å². The summed E-state index contributed by atoms with van der Waals surface area (Å²) in [5, 5.41) is 9.24. The second-order valence-corrected chi connectivity index (χ2v) is 4.91. The molecule has 0 aromatic heterocycles. The Labute approximate surface area is 98.6 Å². The van der Waals surface area contributed by atoms with E-state index in [0.717, 1.165) is 6.54 Å². The zero-order valence-electron chi connectivity index (χ0n) is 11.1. The van der Waals surface area contributed by atoms with Gasteiger partial charge in [-0.2, -0.15) is 0 Å². The predicted octanol–water partition coefficient (Wildman–Crippen LogP) is 1.70. The minimum atomic E-state index is -0.744.